The lowest BCUT2D eigenvalue weighted by molar-refractivity contribution is -0.167. The summed E-state index contributed by atoms with van der Waals surface area (Å²) in [6, 6.07) is 0. The Morgan fingerprint density at radius 2 is 1.52 bits per heavy atom. The van der Waals surface area contributed by atoms with Gasteiger partial charge in [0.15, 0.2) is 17.8 Å². The third-order valence-electron chi connectivity index (χ3n) is 3.22. The van der Waals surface area contributed by atoms with Crippen molar-refractivity contribution >= 4 is 17.9 Å². The molecule has 6 N–H and O–H groups in total. The highest BCUT2D eigenvalue weighted by Crippen LogP contribution is 2.19. The number of ether oxygens (including phenoxy) is 2. The van der Waals surface area contributed by atoms with Crippen LogP contribution < -0.4 is 5.32 Å². The largest absolute Gasteiger partial charge is 0.479 e. The fourth-order valence-corrected chi connectivity index (χ4v) is 1.75. The Morgan fingerprint density at radius 3 is 1.78 bits per heavy atom. The molecule has 1 heterocycles. The molecule has 0 spiro atoms. The van der Waals surface area contributed by atoms with Crippen LogP contribution >= 0.6 is 0 Å². The average molecular weight is 339 g/mol. The second-order valence-electron chi connectivity index (χ2n) is 4.67. The number of carboxylic acids is 2. The van der Waals surface area contributed by atoms with E-state index in [1.54, 1.807) is 0 Å². The lowest BCUT2D eigenvalue weighted by Gasteiger charge is -2.22. The third-order valence-corrected chi connectivity index (χ3v) is 3.22. The molecule has 11 nitrogen and oxygen atoms in total. The van der Waals surface area contributed by atoms with Crippen molar-refractivity contribution in [3.8, 4) is 0 Å². The molecule has 0 aromatic heterocycles. The van der Waals surface area contributed by atoms with Gasteiger partial charge in [-0.15, -0.1) is 0 Å². The van der Waals surface area contributed by atoms with Crippen LogP contribution in [0.5, 0.6) is 0 Å². The molecule has 0 aromatic rings. The van der Waals surface area contributed by atoms with Crippen molar-refractivity contribution in [1.82, 2.24) is 5.32 Å². The first-order chi connectivity index (χ1) is 10.6. The maximum Gasteiger partial charge on any atom is 0.339 e. The molecule has 3 atom stereocenters. The van der Waals surface area contributed by atoms with Crippen LogP contribution in [0.25, 0.3) is 0 Å². The maximum atomic E-state index is 11.2. The van der Waals surface area contributed by atoms with Crippen LogP contribution in [0.3, 0.4) is 0 Å². The number of carbonyl (C=O) groups excluding carboxylic acids is 1. The van der Waals surface area contributed by atoms with E-state index in [2.05, 4.69) is 10.1 Å². The fourth-order valence-electron chi connectivity index (χ4n) is 1.75. The molecule has 23 heavy (non-hydrogen) atoms. The predicted molar refractivity (Wildman–Crippen MR) is 72.5 cm³/mol. The number of nitrogens with one attached hydrogen (secondary N) is 1. The van der Waals surface area contributed by atoms with Gasteiger partial charge in [0.05, 0.1) is 7.11 Å². The predicted octanol–water partition coefficient (Wildman–Crippen LogP) is -3.22. The summed E-state index contributed by atoms with van der Waals surface area (Å²) < 4.78 is 9.74. The molecule has 1 fully saturated rings. The highest BCUT2D eigenvalue weighted by atomic mass is 16.6. The van der Waals surface area contributed by atoms with Gasteiger partial charge in [-0.05, 0) is 6.54 Å². The van der Waals surface area contributed by atoms with Gasteiger partial charge < -0.3 is 40.3 Å². The number of hydrogen-bond acceptors (Lipinski definition) is 9. The molecular formula is C12H21NO10. The number of aliphatic hydroxyl groups excluding tert-OH is 3. The van der Waals surface area contributed by atoms with Crippen LogP contribution in [-0.2, 0) is 23.9 Å². The first-order valence-corrected chi connectivity index (χ1v) is 6.47. The van der Waals surface area contributed by atoms with Crippen molar-refractivity contribution in [3.05, 3.63) is 0 Å². The number of carbonyl (C=O) groups is 3. The molecule has 0 aromatic carbocycles. The van der Waals surface area contributed by atoms with E-state index >= 15 is 0 Å². The standard InChI is InChI=1S/C7H13NO3.C5H8O7/c1-10-6(9)7(11-2)3-4-8-5-7;6-1(2(7)4(9)10)3(8)5(11)12/h8H,3-5H2,1-2H3;1-3,6-8H,(H,9,10)(H,11,12)/t7-;/m0./s1. The summed E-state index contributed by atoms with van der Waals surface area (Å²) in [6.07, 6.45) is -6.16. The zero-order chi connectivity index (χ0) is 18.2. The van der Waals surface area contributed by atoms with Gasteiger partial charge in [0.2, 0.25) is 0 Å². The second kappa shape index (κ2) is 9.37. The maximum absolute atomic E-state index is 11.2. The van der Waals surface area contributed by atoms with Crippen molar-refractivity contribution in [3.63, 3.8) is 0 Å². The quantitative estimate of drug-likeness (QED) is 0.268. The Morgan fingerprint density at radius 1 is 1.04 bits per heavy atom. The Hall–Kier alpha value is -1.79. The van der Waals surface area contributed by atoms with Crippen LogP contribution in [0.4, 0.5) is 0 Å². The van der Waals surface area contributed by atoms with Crippen molar-refractivity contribution in [2.24, 2.45) is 0 Å². The first-order valence-electron chi connectivity index (χ1n) is 6.47. The van der Waals surface area contributed by atoms with Gasteiger partial charge in [-0.25, -0.2) is 14.4 Å². The summed E-state index contributed by atoms with van der Waals surface area (Å²) >= 11 is 0. The molecule has 1 aliphatic heterocycles. The van der Waals surface area contributed by atoms with E-state index in [1.165, 1.54) is 14.2 Å². The molecule has 0 bridgehead atoms. The van der Waals surface area contributed by atoms with Crippen LogP contribution in [0, 0.1) is 0 Å². The molecule has 0 saturated carbocycles. The number of aliphatic hydroxyl groups is 3. The summed E-state index contributed by atoms with van der Waals surface area (Å²) in [5, 5.41) is 44.9. The number of aliphatic carboxylic acids is 2. The van der Waals surface area contributed by atoms with Gasteiger partial charge in [0.1, 0.15) is 6.10 Å². The SMILES string of the molecule is COC(=O)[C@]1(OC)CCNC1.O=C(O)C(O)C(O)C(O)C(=O)O. The minimum Gasteiger partial charge on any atom is -0.479 e. The molecule has 1 saturated heterocycles. The first kappa shape index (κ1) is 21.2. The van der Waals surface area contributed by atoms with E-state index < -0.39 is 35.9 Å². The van der Waals surface area contributed by atoms with E-state index in [9.17, 15) is 14.4 Å². The zero-order valence-corrected chi connectivity index (χ0v) is 12.6. The van der Waals surface area contributed by atoms with Gasteiger partial charge >= 0.3 is 17.9 Å². The van der Waals surface area contributed by atoms with Crippen LogP contribution in [0.2, 0.25) is 0 Å². The third kappa shape index (κ3) is 5.73. The number of methoxy groups -OCH3 is 2. The lowest BCUT2D eigenvalue weighted by Crippen LogP contribution is -2.45. The smallest absolute Gasteiger partial charge is 0.339 e. The highest BCUT2D eigenvalue weighted by molar-refractivity contribution is 5.80. The number of hydrogen-bond donors (Lipinski definition) is 6. The lowest BCUT2D eigenvalue weighted by atomic mass is 10.0. The van der Waals surface area contributed by atoms with E-state index in [-0.39, 0.29) is 5.97 Å². The topological polar surface area (TPSA) is 183 Å². The van der Waals surface area contributed by atoms with Gasteiger partial charge in [-0.1, -0.05) is 0 Å². The van der Waals surface area contributed by atoms with E-state index in [1.807, 2.05) is 0 Å². The summed E-state index contributed by atoms with van der Waals surface area (Å²) in [5.41, 5.74) is -0.727. The van der Waals surface area contributed by atoms with E-state index in [4.69, 9.17) is 30.3 Å². The van der Waals surface area contributed by atoms with Crippen LogP contribution in [0.1, 0.15) is 6.42 Å². The Labute approximate surface area is 131 Å². The number of esters is 1. The minimum atomic E-state index is -2.31. The highest BCUT2D eigenvalue weighted by Gasteiger charge is 2.42. The molecule has 134 valence electrons. The van der Waals surface area contributed by atoms with Gasteiger partial charge in [0, 0.05) is 20.1 Å². The van der Waals surface area contributed by atoms with E-state index in [0.29, 0.717) is 13.0 Å². The fraction of sp³-hybridized carbons (Fsp3) is 0.750. The van der Waals surface area contributed by atoms with Crippen molar-refractivity contribution < 1.29 is 49.4 Å². The molecule has 0 aliphatic carbocycles. The molecule has 1 aliphatic rings. The Balaban J connectivity index is 0.000000422. The van der Waals surface area contributed by atoms with Gasteiger partial charge in [-0.2, -0.15) is 0 Å². The van der Waals surface area contributed by atoms with Gasteiger partial charge in [-0.3, -0.25) is 0 Å². The van der Waals surface area contributed by atoms with Crippen LogP contribution in [-0.4, -0.2) is 94.7 Å². The molecule has 1 rings (SSSR count). The average Bonchev–Trinajstić information content (AvgIpc) is 3.02. The molecular weight excluding hydrogens is 318 g/mol. The number of carboxylic acid groups (broad SMARTS) is 2. The normalized spacial score (nSPS) is 23.9. The van der Waals surface area contributed by atoms with Crippen molar-refractivity contribution in [2.75, 3.05) is 27.3 Å². The van der Waals surface area contributed by atoms with Crippen molar-refractivity contribution in [2.45, 2.75) is 30.3 Å². The Bertz CT molecular complexity index is 400. The van der Waals surface area contributed by atoms with Crippen LogP contribution in [0.15, 0.2) is 0 Å². The second-order valence-corrected chi connectivity index (χ2v) is 4.67. The molecule has 11 heteroatoms. The molecule has 2 unspecified atom stereocenters. The minimum absolute atomic E-state index is 0.287. The summed E-state index contributed by atoms with van der Waals surface area (Å²) in [7, 11) is 2.91. The summed E-state index contributed by atoms with van der Waals surface area (Å²) in [4.78, 5) is 31.1. The summed E-state index contributed by atoms with van der Waals surface area (Å²) in [6.45, 7) is 1.36. The van der Waals surface area contributed by atoms with Gasteiger partial charge in [0.25, 0.3) is 0 Å². The van der Waals surface area contributed by atoms with Crippen molar-refractivity contribution in [1.29, 1.82) is 0 Å². The number of rotatable bonds is 6. The Kier molecular flexibility index (Phi) is 8.64. The zero-order valence-electron chi connectivity index (χ0n) is 12.6. The molecule has 0 radical (unpaired) electrons. The van der Waals surface area contributed by atoms with E-state index in [0.717, 1.165) is 6.54 Å². The summed E-state index contributed by atoms with van der Waals surface area (Å²) in [5.74, 6) is -3.89. The molecule has 0 amide bonds. The monoisotopic (exact) mass is 339 g/mol.